The number of carbonyl (C=O) groups excluding carboxylic acids is 1. The van der Waals surface area contributed by atoms with Gasteiger partial charge in [-0.05, 0) is 44.7 Å². The Balaban J connectivity index is 2.68. The Bertz CT molecular complexity index is 497. The van der Waals surface area contributed by atoms with Gasteiger partial charge in [0.15, 0.2) is 0 Å². The van der Waals surface area contributed by atoms with Crippen LogP contribution in [-0.4, -0.2) is 47.6 Å². The first kappa shape index (κ1) is 17.0. The van der Waals surface area contributed by atoms with Gasteiger partial charge in [-0.15, -0.1) is 0 Å². The van der Waals surface area contributed by atoms with E-state index in [4.69, 9.17) is 4.74 Å². The fourth-order valence-corrected chi connectivity index (χ4v) is 1.89. The zero-order valence-electron chi connectivity index (χ0n) is 12.8. The lowest BCUT2D eigenvalue weighted by atomic mass is 10.0. The van der Waals surface area contributed by atoms with Crippen LogP contribution in [-0.2, 0) is 9.59 Å². The molecular weight excluding hydrogens is 272 g/mol. The Morgan fingerprint density at radius 2 is 1.86 bits per heavy atom. The zero-order chi connectivity index (χ0) is 16.0. The van der Waals surface area contributed by atoms with Crippen LogP contribution in [0.2, 0.25) is 0 Å². The monoisotopic (exact) mass is 294 g/mol. The van der Waals surface area contributed by atoms with Gasteiger partial charge in [-0.2, -0.15) is 0 Å². The van der Waals surface area contributed by atoms with Crippen molar-refractivity contribution in [3.63, 3.8) is 0 Å². The average molecular weight is 294 g/mol. The minimum atomic E-state index is -1.09. The molecule has 1 aromatic rings. The third-order valence-corrected chi connectivity index (χ3v) is 3.40. The first-order valence-electron chi connectivity index (χ1n) is 6.73. The van der Waals surface area contributed by atoms with Gasteiger partial charge in [-0.1, -0.05) is 6.92 Å². The van der Waals surface area contributed by atoms with E-state index in [1.165, 1.54) is 0 Å². The number of likely N-dealkylation sites (N-methyl/N-ethyl adjacent to an activating group) is 1. The summed E-state index contributed by atoms with van der Waals surface area (Å²) in [5.74, 6) is -0.506. The molecule has 0 fully saturated rings. The largest absolute Gasteiger partial charge is 0.497 e. The Kier molecular flexibility index (Phi) is 5.72. The van der Waals surface area contributed by atoms with E-state index in [1.807, 2.05) is 6.92 Å². The number of ether oxygens (including phenoxy) is 1. The first-order valence-corrected chi connectivity index (χ1v) is 6.73. The number of hydrogen-bond donors (Lipinski definition) is 2. The minimum Gasteiger partial charge on any atom is -0.497 e. The van der Waals surface area contributed by atoms with Gasteiger partial charge in [0.05, 0.1) is 13.7 Å². The number of carboxylic acids is 1. The van der Waals surface area contributed by atoms with Crippen molar-refractivity contribution in [2.75, 3.05) is 25.5 Å². The number of nitrogens with one attached hydrogen (secondary N) is 1. The Morgan fingerprint density at radius 1 is 1.29 bits per heavy atom. The molecule has 6 heteroatoms. The summed E-state index contributed by atoms with van der Waals surface area (Å²) in [7, 11) is 1.57. The topological polar surface area (TPSA) is 78.9 Å². The van der Waals surface area contributed by atoms with Crippen LogP contribution in [0.15, 0.2) is 24.3 Å². The van der Waals surface area contributed by atoms with E-state index in [1.54, 1.807) is 50.1 Å². The molecule has 0 spiro atoms. The highest BCUT2D eigenvalue weighted by atomic mass is 16.5. The maximum absolute atomic E-state index is 12.0. The van der Waals surface area contributed by atoms with Crippen molar-refractivity contribution in [3.05, 3.63) is 24.3 Å². The molecule has 0 saturated carbocycles. The first-order chi connectivity index (χ1) is 9.81. The molecule has 0 atom stereocenters. The molecule has 0 aliphatic carbocycles. The molecule has 1 amide bonds. The van der Waals surface area contributed by atoms with Crippen LogP contribution < -0.4 is 10.1 Å². The third kappa shape index (κ3) is 4.46. The lowest BCUT2D eigenvalue weighted by Gasteiger charge is -2.33. The van der Waals surface area contributed by atoms with Crippen molar-refractivity contribution < 1.29 is 19.4 Å². The number of benzene rings is 1. The lowest BCUT2D eigenvalue weighted by Crippen LogP contribution is -2.52. The predicted molar refractivity (Wildman–Crippen MR) is 80.6 cm³/mol. The van der Waals surface area contributed by atoms with E-state index in [-0.39, 0.29) is 12.5 Å². The number of methoxy groups -OCH3 is 1. The van der Waals surface area contributed by atoms with Crippen molar-refractivity contribution in [1.29, 1.82) is 0 Å². The normalized spacial score (nSPS) is 11.3. The summed E-state index contributed by atoms with van der Waals surface area (Å²) in [6.45, 7) is 5.47. The predicted octanol–water partition coefficient (Wildman–Crippen LogP) is 1.82. The second-order valence-electron chi connectivity index (χ2n) is 5.16. The molecule has 1 rings (SSSR count). The fraction of sp³-hybridized carbons (Fsp3) is 0.467. The summed E-state index contributed by atoms with van der Waals surface area (Å²) >= 11 is 0. The van der Waals surface area contributed by atoms with Gasteiger partial charge >= 0.3 is 5.97 Å². The highest BCUT2D eigenvalue weighted by Crippen LogP contribution is 2.17. The van der Waals surface area contributed by atoms with Crippen LogP contribution in [0.1, 0.15) is 20.8 Å². The van der Waals surface area contributed by atoms with Gasteiger partial charge in [0.1, 0.15) is 11.3 Å². The highest BCUT2D eigenvalue weighted by Gasteiger charge is 2.34. The van der Waals surface area contributed by atoms with Crippen LogP contribution in [0.4, 0.5) is 5.69 Å². The SMILES string of the molecule is CCN(CC(=O)Nc1ccc(OC)cc1)C(C)(C)C(=O)O. The molecule has 2 N–H and O–H groups in total. The smallest absolute Gasteiger partial charge is 0.323 e. The fourth-order valence-electron chi connectivity index (χ4n) is 1.89. The second-order valence-corrected chi connectivity index (χ2v) is 5.16. The molecule has 6 nitrogen and oxygen atoms in total. The Hall–Kier alpha value is -2.08. The molecule has 0 aliphatic rings. The van der Waals surface area contributed by atoms with Gasteiger partial charge in [-0.25, -0.2) is 0 Å². The van der Waals surface area contributed by atoms with Gasteiger partial charge in [0.2, 0.25) is 5.91 Å². The van der Waals surface area contributed by atoms with Crippen LogP contribution in [0.5, 0.6) is 5.75 Å². The van der Waals surface area contributed by atoms with Crippen LogP contribution in [0, 0.1) is 0 Å². The number of hydrogen-bond acceptors (Lipinski definition) is 4. The molecular formula is C15H22N2O4. The molecule has 0 unspecified atom stereocenters. The minimum absolute atomic E-state index is 0.0157. The molecule has 116 valence electrons. The maximum atomic E-state index is 12.0. The summed E-state index contributed by atoms with van der Waals surface area (Å²) in [6.07, 6.45) is 0. The number of anilines is 1. The quantitative estimate of drug-likeness (QED) is 0.802. The van der Waals surface area contributed by atoms with E-state index in [9.17, 15) is 14.7 Å². The average Bonchev–Trinajstić information content (AvgIpc) is 2.45. The summed E-state index contributed by atoms with van der Waals surface area (Å²) < 4.78 is 5.04. The number of aliphatic carboxylic acids is 1. The molecule has 1 aromatic carbocycles. The number of carboxylic acid groups (broad SMARTS) is 1. The van der Waals surface area contributed by atoms with Crippen LogP contribution in [0.25, 0.3) is 0 Å². The molecule has 0 heterocycles. The highest BCUT2D eigenvalue weighted by molar-refractivity contribution is 5.92. The van der Waals surface area contributed by atoms with Crippen molar-refractivity contribution in [3.8, 4) is 5.75 Å². The second kappa shape index (κ2) is 7.08. The van der Waals surface area contributed by atoms with Crippen molar-refractivity contribution in [2.45, 2.75) is 26.3 Å². The maximum Gasteiger partial charge on any atom is 0.323 e. The van der Waals surface area contributed by atoms with E-state index in [2.05, 4.69) is 5.32 Å². The standard InChI is InChI=1S/C15H22N2O4/c1-5-17(15(2,3)14(19)20)10-13(18)16-11-6-8-12(21-4)9-7-11/h6-9H,5,10H2,1-4H3,(H,16,18)(H,19,20). The molecule has 0 aromatic heterocycles. The van der Waals surface area contributed by atoms with Crippen molar-refractivity contribution >= 4 is 17.6 Å². The van der Waals surface area contributed by atoms with E-state index >= 15 is 0 Å². The number of rotatable bonds is 7. The van der Waals surface area contributed by atoms with Gasteiger partial charge in [-0.3, -0.25) is 14.5 Å². The van der Waals surface area contributed by atoms with Crippen LogP contribution in [0.3, 0.4) is 0 Å². The Labute approximate surface area is 124 Å². The van der Waals surface area contributed by atoms with Gasteiger partial charge in [0, 0.05) is 5.69 Å². The lowest BCUT2D eigenvalue weighted by molar-refractivity contribution is -0.149. The summed E-state index contributed by atoms with van der Waals surface area (Å²) in [4.78, 5) is 24.9. The van der Waals surface area contributed by atoms with Gasteiger partial charge in [0.25, 0.3) is 0 Å². The molecule has 0 radical (unpaired) electrons. The van der Waals surface area contributed by atoms with Gasteiger partial charge < -0.3 is 15.2 Å². The van der Waals surface area contributed by atoms with E-state index in [0.717, 1.165) is 0 Å². The van der Waals surface area contributed by atoms with E-state index < -0.39 is 11.5 Å². The van der Waals surface area contributed by atoms with Crippen molar-refractivity contribution in [1.82, 2.24) is 4.90 Å². The number of amides is 1. The molecule has 21 heavy (non-hydrogen) atoms. The summed E-state index contributed by atoms with van der Waals surface area (Å²) in [6, 6.07) is 6.95. The third-order valence-electron chi connectivity index (χ3n) is 3.40. The molecule has 0 aliphatic heterocycles. The summed E-state index contributed by atoms with van der Waals surface area (Å²) in [5, 5.41) is 12.0. The van der Waals surface area contributed by atoms with Crippen molar-refractivity contribution in [2.24, 2.45) is 0 Å². The summed E-state index contributed by atoms with van der Waals surface area (Å²) in [5.41, 5.74) is -0.448. The molecule has 0 saturated heterocycles. The molecule has 0 bridgehead atoms. The number of carbonyl (C=O) groups is 2. The van der Waals surface area contributed by atoms with E-state index in [0.29, 0.717) is 18.0 Å². The number of nitrogens with zero attached hydrogens (tertiary/aromatic N) is 1. The zero-order valence-corrected chi connectivity index (χ0v) is 12.8. The van der Waals surface area contributed by atoms with Crippen LogP contribution >= 0.6 is 0 Å². The Morgan fingerprint density at radius 3 is 2.29 bits per heavy atom.